The molecule has 0 bridgehead atoms. The van der Waals surface area contributed by atoms with E-state index in [1.54, 1.807) is 0 Å². The van der Waals surface area contributed by atoms with Gasteiger partial charge in [0, 0.05) is 6.04 Å². The molecule has 1 aliphatic rings. The number of para-hydroxylation sites is 1. The number of alkyl halides is 1. The van der Waals surface area contributed by atoms with Gasteiger partial charge in [0.2, 0.25) is 0 Å². The van der Waals surface area contributed by atoms with Gasteiger partial charge in [-0.05, 0) is 36.8 Å². The van der Waals surface area contributed by atoms with Crippen molar-refractivity contribution in [3.8, 4) is 0 Å². The summed E-state index contributed by atoms with van der Waals surface area (Å²) in [5, 5.41) is 0.776. The first-order valence-electron chi connectivity index (χ1n) is 7.38. The van der Waals surface area contributed by atoms with Gasteiger partial charge in [0.1, 0.15) is 5.82 Å². The van der Waals surface area contributed by atoms with Crippen LogP contribution in [0.4, 0.5) is 0 Å². The molecule has 4 heteroatoms. The Labute approximate surface area is 130 Å². The van der Waals surface area contributed by atoms with Crippen LogP contribution in [0.25, 0.3) is 11.0 Å². The number of rotatable bonds is 3. The number of benzene rings is 1. The van der Waals surface area contributed by atoms with Gasteiger partial charge in [0.25, 0.3) is 0 Å². The molecule has 3 rings (SSSR count). The van der Waals surface area contributed by atoms with Gasteiger partial charge in [-0.25, -0.2) is 4.98 Å². The minimum Gasteiger partial charge on any atom is -0.322 e. The Balaban J connectivity index is 2.15. The Morgan fingerprint density at radius 1 is 1.35 bits per heavy atom. The molecule has 20 heavy (non-hydrogen) atoms. The molecular formula is C16H20Cl2N2. The molecule has 0 aliphatic heterocycles. The summed E-state index contributed by atoms with van der Waals surface area (Å²) in [6.07, 6.45) is 3.72. The maximum absolute atomic E-state index is 6.42. The van der Waals surface area contributed by atoms with Gasteiger partial charge in [0.15, 0.2) is 0 Å². The molecule has 3 atom stereocenters. The van der Waals surface area contributed by atoms with E-state index in [4.69, 9.17) is 23.2 Å². The van der Waals surface area contributed by atoms with Crippen molar-refractivity contribution in [3.05, 3.63) is 29.0 Å². The minimum absolute atomic E-state index is 0.436. The quantitative estimate of drug-likeness (QED) is 0.691. The number of nitrogens with zero attached hydrogens (tertiary/aromatic N) is 2. The van der Waals surface area contributed by atoms with E-state index in [2.05, 4.69) is 23.4 Å². The van der Waals surface area contributed by atoms with Crippen molar-refractivity contribution in [2.45, 2.75) is 45.0 Å². The van der Waals surface area contributed by atoms with Crippen LogP contribution >= 0.6 is 23.2 Å². The third kappa shape index (κ3) is 2.14. The van der Waals surface area contributed by atoms with E-state index in [0.29, 0.717) is 17.8 Å². The number of hydrogen-bond donors (Lipinski definition) is 0. The van der Waals surface area contributed by atoms with Gasteiger partial charge in [0.05, 0.1) is 21.9 Å². The molecule has 1 aliphatic carbocycles. The zero-order chi connectivity index (χ0) is 14.3. The number of imidazole rings is 1. The fraction of sp³-hybridized carbons (Fsp3) is 0.562. The largest absolute Gasteiger partial charge is 0.322 e. The molecule has 0 N–H and O–H groups in total. The summed E-state index contributed by atoms with van der Waals surface area (Å²) in [7, 11) is 0. The van der Waals surface area contributed by atoms with Crippen molar-refractivity contribution in [1.82, 2.24) is 9.55 Å². The summed E-state index contributed by atoms with van der Waals surface area (Å²) in [6.45, 7) is 4.64. The SMILES string of the molecule is CCC1CCC(n2c(CCl)nc3cccc(Cl)c32)C1C. The van der Waals surface area contributed by atoms with E-state index in [9.17, 15) is 0 Å². The summed E-state index contributed by atoms with van der Waals surface area (Å²) in [5.74, 6) is 2.83. The van der Waals surface area contributed by atoms with Crippen LogP contribution in [0.3, 0.4) is 0 Å². The van der Waals surface area contributed by atoms with Crippen LogP contribution in [0.15, 0.2) is 18.2 Å². The Kier molecular flexibility index (Phi) is 3.96. The molecule has 2 nitrogen and oxygen atoms in total. The van der Waals surface area contributed by atoms with Crippen molar-refractivity contribution >= 4 is 34.2 Å². The van der Waals surface area contributed by atoms with Crippen molar-refractivity contribution < 1.29 is 0 Å². The minimum atomic E-state index is 0.436. The predicted molar refractivity (Wildman–Crippen MR) is 85.5 cm³/mol. The van der Waals surface area contributed by atoms with Crippen molar-refractivity contribution in [2.24, 2.45) is 11.8 Å². The maximum atomic E-state index is 6.42. The standard InChI is InChI=1S/C16H20Cl2N2/c1-3-11-7-8-14(10(11)2)20-15(9-17)19-13-6-4-5-12(18)16(13)20/h4-6,10-11,14H,3,7-9H2,1-2H3. The molecule has 3 unspecified atom stereocenters. The van der Waals surface area contributed by atoms with Gasteiger partial charge in [-0.3, -0.25) is 0 Å². The van der Waals surface area contributed by atoms with Crippen LogP contribution in [-0.4, -0.2) is 9.55 Å². The van der Waals surface area contributed by atoms with Gasteiger partial charge >= 0.3 is 0 Å². The van der Waals surface area contributed by atoms with Gasteiger partial charge in [-0.2, -0.15) is 0 Å². The molecule has 1 heterocycles. The molecule has 1 fully saturated rings. The van der Waals surface area contributed by atoms with E-state index in [1.165, 1.54) is 19.3 Å². The lowest BCUT2D eigenvalue weighted by Gasteiger charge is -2.23. The molecule has 0 spiro atoms. The monoisotopic (exact) mass is 310 g/mol. The highest BCUT2D eigenvalue weighted by atomic mass is 35.5. The Morgan fingerprint density at radius 2 is 2.15 bits per heavy atom. The van der Waals surface area contributed by atoms with Gasteiger partial charge in [-0.1, -0.05) is 37.9 Å². The van der Waals surface area contributed by atoms with Crippen molar-refractivity contribution in [1.29, 1.82) is 0 Å². The summed E-state index contributed by atoms with van der Waals surface area (Å²) in [6, 6.07) is 6.38. The molecule has 108 valence electrons. The smallest absolute Gasteiger partial charge is 0.125 e. The fourth-order valence-electron chi connectivity index (χ4n) is 3.77. The zero-order valence-corrected chi connectivity index (χ0v) is 13.5. The van der Waals surface area contributed by atoms with E-state index >= 15 is 0 Å². The predicted octanol–water partition coefficient (Wildman–Crippen LogP) is 5.43. The second kappa shape index (κ2) is 5.57. The van der Waals surface area contributed by atoms with Gasteiger partial charge < -0.3 is 4.57 Å². The van der Waals surface area contributed by atoms with E-state index in [-0.39, 0.29) is 0 Å². The molecule has 1 saturated carbocycles. The number of hydrogen-bond acceptors (Lipinski definition) is 1. The molecular weight excluding hydrogens is 291 g/mol. The topological polar surface area (TPSA) is 17.8 Å². The Bertz CT molecular complexity index is 620. The van der Waals surface area contributed by atoms with E-state index in [1.807, 2.05) is 18.2 Å². The average molecular weight is 311 g/mol. The molecule has 1 aromatic heterocycles. The van der Waals surface area contributed by atoms with Crippen LogP contribution in [0.1, 0.15) is 45.0 Å². The summed E-state index contributed by atoms with van der Waals surface area (Å²) in [4.78, 5) is 4.67. The molecule has 0 radical (unpaired) electrons. The lowest BCUT2D eigenvalue weighted by atomic mass is 9.93. The normalized spacial score (nSPS) is 26.5. The average Bonchev–Trinajstić information content (AvgIpc) is 2.99. The fourth-order valence-corrected chi connectivity index (χ4v) is 4.22. The highest BCUT2D eigenvalue weighted by Crippen LogP contribution is 2.44. The molecule has 1 aromatic carbocycles. The third-order valence-corrected chi connectivity index (χ3v) is 5.44. The van der Waals surface area contributed by atoms with Crippen LogP contribution in [-0.2, 0) is 5.88 Å². The Morgan fingerprint density at radius 3 is 2.80 bits per heavy atom. The summed E-state index contributed by atoms with van der Waals surface area (Å²) in [5.41, 5.74) is 2.01. The van der Waals surface area contributed by atoms with Crippen LogP contribution < -0.4 is 0 Å². The van der Waals surface area contributed by atoms with Crippen LogP contribution in [0.5, 0.6) is 0 Å². The first-order chi connectivity index (χ1) is 9.67. The van der Waals surface area contributed by atoms with Crippen LogP contribution in [0.2, 0.25) is 5.02 Å². The highest BCUT2D eigenvalue weighted by molar-refractivity contribution is 6.35. The van der Waals surface area contributed by atoms with E-state index < -0.39 is 0 Å². The molecule has 0 saturated heterocycles. The second-order valence-electron chi connectivity index (χ2n) is 5.81. The number of fused-ring (bicyclic) bond motifs is 1. The first-order valence-corrected chi connectivity index (χ1v) is 8.29. The maximum Gasteiger partial charge on any atom is 0.125 e. The van der Waals surface area contributed by atoms with Crippen LogP contribution in [0, 0.1) is 11.8 Å². The van der Waals surface area contributed by atoms with Crippen molar-refractivity contribution in [3.63, 3.8) is 0 Å². The third-order valence-electron chi connectivity index (χ3n) is 4.89. The summed E-state index contributed by atoms with van der Waals surface area (Å²) < 4.78 is 2.31. The number of halogens is 2. The lowest BCUT2D eigenvalue weighted by Crippen LogP contribution is -2.17. The van der Waals surface area contributed by atoms with E-state index in [0.717, 1.165) is 27.8 Å². The summed E-state index contributed by atoms with van der Waals surface area (Å²) >= 11 is 12.6. The lowest BCUT2D eigenvalue weighted by molar-refractivity contribution is 0.330. The Hall–Kier alpha value is -0.730. The highest BCUT2D eigenvalue weighted by Gasteiger charge is 2.34. The second-order valence-corrected chi connectivity index (χ2v) is 6.49. The van der Waals surface area contributed by atoms with Gasteiger partial charge in [-0.15, -0.1) is 11.6 Å². The molecule has 2 aromatic rings. The first kappa shape index (κ1) is 14.2. The zero-order valence-electron chi connectivity index (χ0n) is 11.9. The number of aromatic nitrogens is 2. The van der Waals surface area contributed by atoms with Crippen molar-refractivity contribution in [2.75, 3.05) is 0 Å². The molecule has 0 amide bonds.